The van der Waals surface area contributed by atoms with E-state index in [1.807, 2.05) is 54.6 Å². The first kappa shape index (κ1) is 13.9. The van der Waals surface area contributed by atoms with Gasteiger partial charge in [0.15, 0.2) is 6.10 Å². The standard InChI is InChI=1S/C15H14INO2/c1-11(19-12-7-3-2-4-8-12)15(18)17-14-10-6-5-9-13(14)16/h2-11H,1H3,(H,17,18). The van der Waals surface area contributed by atoms with Crippen LogP contribution in [0.4, 0.5) is 5.69 Å². The van der Waals surface area contributed by atoms with Gasteiger partial charge in [0, 0.05) is 3.57 Å². The van der Waals surface area contributed by atoms with Crippen molar-refractivity contribution in [2.45, 2.75) is 13.0 Å². The summed E-state index contributed by atoms with van der Waals surface area (Å²) >= 11 is 2.19. The van der Waals surface area contributed by atoms with Gasteiger partial charge in [-0.3, -0.25) is 4.79 Å². The van der Waals surface area contributed by atoms with Crippen molar-refractivity contribution in [3.63, 3.8) is 0 Å². The van der Waals surface area contributed by atoms with Gasteiger partial charge in [-0.2, -0.15) is 0 Å². The SMILES string of the molecule is CC(Oc1ccccc1)C(=O)Nc1ccccc1I. The first-order valence-corrected chi connectivity index (χ1v) is 7.02. The summed E-state index contributed by atoms with van der Waals surface area (Å²) in [5.74, 6) is 0.529. The second kappa shape index (κ2) is 6.56. The Morgan fingerprint density at radius 2 is 1.74 bits per heavy atom. The van der Waals surface area contributed by atoms with E-state index in [-0.39, 0.29) is 5.91 Å². The molecular weight excluding hydrogens is 353 g/mol. The monoisotopic (exact) mass is 367 g/mol. The summed E-state index contributed by atoms with van der Waals surface area (Å²) in [4.78, 5) is 12.0. The topological polar surface area (TPSA) is 38.3 Å². The number of nitrogens with one attached hydrogen (secondary N) is 1. The number of para-hydroxylation sites is 2. The average Bonchev–Trinajstić information content (AvgIpc) is 2.42. The Hall–Kier alpha value is -1.56. The molecule has 3 nitrogen and oxygen atoms in total. The number of rotatable bonds is 4. The number of hydrogen-bond acceptors (Lipinski definition) is 2. The molecule has 1 amide bonds. The fourth-order valence-corrected chi connectivity index (χ4v) is 2.08. The molecule has 19 heavy (non-hydrogen) atoms. The predicted molar refractivity (Wildman–Crippen MR) is 84.3 cm³/mol. The van der Waals surface area contributed by atoms with Crippen molar-refractivity contribution in [3.8, 4) is 5.75 Å². The third-order valence-corrected chi connectivity index (χ3v) is 3.50. The Morgan fingerprint density at radius 3 is 2.42 bits per heavy atom. The number of hydrogen-bond donors (Lipinski definition) is 1. The molecule has 4 heteroatoms. The van der Waals surface area contributed by atoms with E-state index in [0.717, 1.165) is 9.26 Å². The van der Waals surface area contributed by atoms with Crippen molar-refractivity contribution < 1.29 is 9.53 Å². The van der Waals surface area contributed by atoms with Crippen molar-refractivity contribution in [2.24, 2.45) is 0 Å². The van der Waals surface area contributed by atoms with Gasteiger partial charge in [0.1, 0.15) is 5.75 Å². The molecule has 0 aliphatic heterocycles. The normalized spacial score (nSPS) is 11.7. The van der Waals surface area contributed by atoms with E-state index in [0.29, 0.717) is 5.75 Å². The molecule has 0 fully saturated rings. The number of carbonyl (C=O) groups is 1. The molecule has 1 unspecified atom stereocenters. The number of ether oxygens (including phenoxy) is 1. The third kappa shape index (κ3) is 3.96. The lowest BCUT2D eigenvalue weighted by molar-refractivity contribution is -0.122. The molecule has 1 N–H and O–H groups in total. The number of halogens is 1. The summed E-state index contributed by atoms with van der Waals surface area (Å²) in [6.45, 7) is 1.73. The highest BCUT2D eigenvalue weighted by atomic mass is 127. The Kier molecular flexibility index (Phi) is 4.79. The minimum absolute atomic E-state index is 0.159. The molecule has 0 aliphatic rings. The van der Waals surface area contributed by atoms with Crippen LogP contribution in [0.25, 0.3) is 0 Å². The number of anilines is 1. The van der Waals surface area contributed by atoms with Gasteiger partial charge in [-0.25, -0.2) is 0 Å². The van der Waals surface area contributed by atoms with Crippen molar-refractivity contribution in [2.75, 3.05) is 5.32 Å². The van der Waals surface area contributed by atoms with Crippen LogP contribution in [0.5, 0.6) is 5.75 Å². The first-order chi connectivity index (χ1) is 9.16. The van der Waals surface area contributed by atoms with Gasteiger partial charge in [-0.15, -0.1) is 0 Å². The molecule has 2 rings (SSSR count). The average molecular weight is 367 g/mol. The highest BCUT2D eigenvalue weighted by molar-refractivity contribution is 14.1. The van der Waals surface area contributed by atoms with E-state index in [9.17, 15) is 4.79 Å². The zero-order chi connectivity index (χ0) is 13.7. The summed E-state index contributed by atoms with van der Waals surface area (Å²) in [5, 5.41) is 2.86. The van der Waals surface area contributed by atoms with Crippen LogP contribution in [0.15, 0.2) is 54.6 Å². The Labute approximate surface area is 126 Å². The van der Waals surface area contributed by atoms with Crippen LogP contribution in [0, 0.1) is 3.57 Å². The van der Waals surface area contributed by atoms with Crippen molar-refractivity contribution in [1.82, 2.24) is 0 Å². The lowest BCUT2D eigenvalue weighted by Crippen LogP contribution is -2.30. The minimum atomic E-state index is -0.543. The molecule has 0 spiro atoms. The van der Waals surface area contributed by atoms with Crippen LogP contribution < -0.4 is 10.1 Å². The highest BCUT2D eigenvalue weighted by Gasteiger charge is 2.15. The Morgan fingerprint density at radius 1 is 1.11 bits per heavy atom. The smallest absolute Gasteiger partial charge is 0.265 e. The number of carbonyl (C=O) groups excluding carboxylic acids is 1. The van der Waals surface area contributed by atoms with Gasteiger partial charge in [-0.1, -0.05) is 30.3 Å². The molecule has 2 aromatic rings. The molecule has 0 saturated carbocycles. The maximum absolute atomic E-state index is 12.0. The zero-order valence-corrected chi connectivity index (χ0v) is 12.6. The van der Waals surface area contributed by atoms with Gasteiger partial charge in [0.05, 0.1) is 5.69 Å². The van der Waals surface area contributed by atoms with E-state index in [1.165, 1.54) is 0 Å². The maximum atomic E-state index is 12.0. The maximum Gasteiger partial charge on any atom is 0.265 e. The van der Waals surface area contributed by atoms with Crippen LogP contribution in [0.3, 0.4) is 0 Å². The Balaban J connectivity index is 1.99. The van der Waals surface area contributed by atoms with Gasteiger partial charge in [0.2, 0.25) is 0 Å². The van der Waals surface area contributed by atoms with E-state index in [4.69, 9.17) is 4.74 Å². The van der Waals surface area contributed by atoms with Crippen molar-refractivity contribution >= 4 is 34.2 Å². The van der Waals surface area contributed by atoms with E-state index in [2.05, 4.69) is 27.9 Å². The molecule has 98 valence electrons. The van der Waals surface area contributed by atoms with Gasteiger partial charge >= 0.3 is 0 Å². The molecule has 2 aromatic carbocycles. The summed E-state index contributed by atoms with van der Waals surface area (Å²) < 4.78 is 6.57. The molecule has 0 saturated heterocycles. The minimum Gasteiger partial charge on any atom is -0.481 e. The van der Waals surface area contributed by atoms with Crippen molar-refractivity contribution in [1.29, 1.82) is 0 Å². The van der Waals surface area contributed by atoms with Gasteiger partial charge in [-0.05, 0) is 53.8 Å². The lowest BCUT2D eigenvalue weighted by atomic mass is 10.3. The fourth-order valence-electron chi connectivity index (χ4n) is 1.55. The largest absolute Gasteiger partial charge is 0.481 e. The summed E-state index contributed by atoms with van der Waals surface area (Å²) in [5.41, 5.74) is 0.802. The summed E-state index contributed by atoms with van der Waals surface area (Å²) in [6.07, 6.45) is -0.543. The van der Waals surface area contributed by atoms with E-state index < -0.39 is 6.10 Å². The van der Waals surface area contributed by atoms with Gasteiger partial charge < -0.3 is 10.1 Å². The quantitative estimate of drug-likeness (QED) is 0.837. The molecular formula is C15H14INO2. The molecule has 0 radical (unpaired) electrons. The molecule has 0 aromatic heterocycles. The summed E-state index contributed by atoms with van der Waals surface area (Å²) in [7, 11) is 0. The highest BCUT2D eigenvalue weighted by Crippen LogP contribution is 2.18. The van der Waals surface area contributed by atoms with E-state index >= 15 is 0 Å². The molecule has 0 aliphatic carbocycles. The number of benzene rings is 2. The lowest BCUT2D eigenvalue weighted by Gasteiger charge is -2.15. The van der Waals surface area contributed by atoms with Crippen LogP contribution in [0.1, 0.15) is 6.92 Å². The van der Waals surface area contributed by atoms with Crippen molar-refractivity contribution in [3.05, 3.63) is 58.2 Å². The third-order valence-electron chi connectivity index (χ3n) is 2.56. The van der Waals surface area contributed by atoms with Gasteiger partial charge in [0.25, 0.3) is 5.91 Å². The second-order valence-electron chi connectivity index (χ2n) is 4.04. The Bertz CT molecular complexity index is 557. The molecule has 1 atom stereocenters. The predicted octanol–water partition coefficient (Wildman–Crippen LogP) is 3.70. The van der Waals surface area contributed by atoms with Crippen LogP contribution >= 0.6 is 22.6 Å². The molecule has 0 heterocycles. The van der Waals surface area contributed by atoms with Crippen LogP contribution in [-0.4, -0.2) is 12.0 Å². The number of amides is 1. The second-order valence-corrected chi connectivity index (χ2v) is 5.20. The zero-order valence-electron chi connectivity index (χ0n) is 10.5. The van der Waals surface area contributed by atoms with Crippen LogP contribution in [-0.2, 0) is 4.79 Å². The van der Waals surface area contributed by atoms with E-state index in [1.54, 1.807) is 6.92 Å². The first-order valence-electron chi connectivity index (χ1n) is 5.94. The van der Waals surface area contributed by atoms with Crippen LogP contribution in [0.2, 0.25) is 0 Å². The molecule has 0 bridgehead atoms. The fraction of sp³-hybridized carbons (Fsp3) is 0.133. The summed E-state index contributed by atoms with van der Waals surface area (Å²) in [6, 6.07) is 17.0.